The van der Waals surface area contributed by atoms with Crippen LogP contribution in [0.3, 0.4) is 0 Å². The Labute approximate surface area is 189 Å². The van der Waals surface area contributed by atoms with E-state index in [9.17, 15) is 28.8 Å². The Balaban J connectivity index is 2.16. The molecule has 0 bridgehead atoms. The number of aliphatic hydroxyl groups excluding tert-OH is 2. The molecule has 2 aromatic heterocycles. The third-order valence-corrected chi connectivity index (χ3v) is 7.75. The molecule has 0 saturated carbocycles. The number of nitrogen functional groups attached to an aromatic ring is 1. The Morgan fingerprint density at radius 1 is 1.21 bits per heavy atom. The van der Waals surface area contributed by atoms with E-state index in [-0.39, 0.29) is 21.8 Å². The molecular formula is C11H20N5O13P3S. The highest BCUT2D eigenvalue weighted by Gasteiger charge is 2.41. The zero-order valence-corrected chi connectivity index (χ0v) is 19.9. The molecule has 2 rings (SSSR count). The summed E-state index contributed by atoms with van der Waals surface area (Å²) in [5.41, 5.74) is 6.08. The highest BCUT2D eigenvalue weighted by Crippen LogP contribution is 2.66. The molecule has 2 aromatic rings. The highest BCUT2D eigenvalue weighted by molar-refractivity contribution is 7.71. The third-order valence-electron chi connectivity index (χ3n) is 3.65. The fourth-order valence-electron chi connectivity index (χ4n) is 2.36. The van der Waals surface area contributed by atoms with Crippen LogP contribution in [0.15, 0.2) is 6.33 Å². The molecule has 0 saturated heterocycles. The van der Waals surface area contributed by atoms with Crippen LogP contribution in [0.5, 0.6) is 0 Å². The van der Waals surface area contributed by atoms with Gasteiger partial charge in [0.2, 0.25) is 5.95 Å². The molecule has 0 fully saturated rings. The zero-order valence-electron chi connectivity index (χ0n) is 16.4. The standard InChI is InChI=1S/C11H20N5O13P3S/c1-5(16-4-13-8-9(16)14-11(12)15-10(8)33)27-7(6(18)2-17)3-26-31(22,23)29-32(24,25)28-30(19,20)21/h4-7,17-18H,2-3H2,1H3,(H,22,23)(H,24,25)(H2,19,20,21)(H3,12,14,15,33)/t5?,6-,7-/m1/s1. The molecule has 0 aromatic carbocycles. The van der Waals surface area contributed by atoms with Crippen molar-refractivity contribution in [3.8, 4) is 0 Å². The predicted octanol–water partition coefficient (Wildman–Crippen LogP) is -0.329. The van der Waals surface area contributed by atoms with Crippen molar-refractivity contribution >= 4 is 52.8 Å². The molecule has 0 amide bonds. The fraction of sp³-hybridized carbons (Fsp3) is 0.545. The van der Waals surface area contributed by atoms with Gasteiger partial charge in [0.15, 0.2) is 5.65 Å². The number of aliphatic hydroxyl groups is 2. The smallest absolute Gasteiger partial charge is 0.394 e. The predicted molar refractivity (Wildman–Crippen MR) is 110 cm³/mol. The van der Waals surface area contributed by atoms with Gasteiger partial charge in [0.25, 0.3) is 0 Å². The molecule has 5 atom stereocenters. The topological polar surface area (TPSA) is 282 Å². The minimum atomic E-state index is -5.73. The highest BCUT2D eigenvalue weighted by atomic mass is 32.1. The largest absolute Gasteiger partial charge is 0.490 e. The summed E-state index contributed by atoms with van der Waals surface area (Å²) in [6.45, 7) is -0.447. The number of anilines is 1. The van der Waals surface area contributed by atoms with E-state index in [0.29, 0.717) is 0 Å². The van der Waals surface area contributed by atoms with E-state index in [1.54, 1.807) is 0 Å². The molecule has 0 aliphatic carbocycles. The molecule has 2 heterocycles. The van der Waals surface area contributed by atoms with Crippen molar-refractivity contribution in [1.82, 2.24) is 19.5 Å². The molecule has 22 heteroatoms. The third kappa shape index (κ3) is 8.24. The van der Waals surface area contributed by atoms with E-state index >= 15 is 0 Å². The van der Waals surface area contributed by atoms with Crippen LogP contribution in [0.2, 0.25) is 0 Å². The number of nitrogens with one attached hydrogen (secondary N) is 1. The molecule has 9 N–H and O–H groups in total. The SMILES string of the molecule is CC(O[C@H](COP(=O)(O)OP(=O)(O)OP(=O)(O)O)[C@H](O)CO)n1cnc2c(=S)[nH]c(N)nc21. The van der Waals surface area contributed by atoms with Crippen LogP contribution in [-0.4, -0.2) is 74.7 Å². The number of rotatable bonds is 12. The molecule has 18 nitrogen and oxygen atoms in total. The second-order valence-corrected chi connectivity index (χ2v) is 11.0. The number of hydrogen-bond donors (Lipinski definition) is 8. The Morgan fingerprint density at radius 2 is 1.85 bits per heavy atom. The van der Waals surface area contributed by atoms with Gasteiger partial charge >= 0.3 is 23.5 Å². The van der Waals surface area contributed by atoms with Crippen molar-refractivity contribution in [2.75, 3.05) is 18.9 Å². The van der Waals surface area contributed by atoms with Crippen molar-refractivity contribution in [3.63, 3.8) is 0 Å². The van der Waals surface area contributed by atoms with Gasteiger partial charge in [-0.2, -0.15) is 13.6 Å². The zero-order chi connectivity index (χ0) is 25.2. The quantitative estimate of drug-likeness (QED) is 0.123. The Hall–Kier alpha value is -1.14. The molecule has 188 valence electrons. The molecular weight excluding hydrogens is 535 g/mol. The lowest BCUT2D eigenvalue weighted by Crippen LogP contribution is -2.37. The van der Waals surface area contributed by atoms with Gasteiger partial charge in [0, 0.05) is 0 Å². The van der Waals surface area contributed by atoms with E-state index < -0.39 is 55.1 Å². The molecule has 0 aliphatic rings. The molecule has 0 radical (unpaired) electrons. The van der Waals surface area contributed by atoms with Gasteiger partial charge in [0.1, 0.15) is 28.6 Å². The van der Waals surface area contributed by atoms with Gasteiger partial charge < -0.3 is 45.2 Å². The first kappa shape index (κ1) is 28.1. The van der Waals surface area contributed by atoms with Crippen LogP contribution in [0.4, 0.5) is 5.95 Å². The number of aromatic amines is 1. The lowest BCUT2D eigenvalue weighted by atomic mass is 10.2. The van der Waals surface area contributed by atoms with E-state index in [1.165, 1.54) is 17.8 Å². The average Bonchev–Trinajstić information content (AvgIpc) is 3.05. The van der Waals surface area contributed by atoms with E-state index in [2.05, 4.69) is 28.1 Å². The van der Waals surface area contributed by atoms with Gasteiger partial charge in [-0.1, -0.05) is 12.2 Å². The first-order valence-electron chi connectivity index (χ1n) is 8.48. The monoisotopic (exact) mass is 555 g/mol. The van der Waals surface area contributed by atoms with Crippen molar-refractivity contribution in [3.05, 3.63) is 11.0 Å². The summed E-state index contributed by atoms with van der Waals surface area (Å²) < 4.78 is 52.6. The van der Waals surface area contributed by atoms with E-state index in [0.717, 1.165) is 0 Å². The van der Waals surface area contributed by atoms with Crippen LogP contribution < -0.4 is 5.73 Å². The maximum absolute atomic E-state index is 11.9. The summed E-state index contributed by atoms with van der Waals surface area (Å²) in [4.78, 5) is 46.5. The minimum absolute atomic E-state index is 0.0268. The summed E-state index contributed by atoms with van der Waals surface area (Å²) >= 11 is 5.09. The van der Waals surface area contributed by atoms with Crippen LogP contribution in [0, 0.1) is 4.64 Å². The second kappa shape index (κ2) is 10.6. The molecule has 3 unspecified atom stereocenters. The summed E-state index contributed by atoms with van der Waals surface area (Å²) in [7, 11) is -16.8. The summed E-state index contributed by atoms with van der Waals surface area (Å²) in [6, 6.07) is 0. The Kier molecular flexibility index (Phi) is 9.06. The summed E-state index contributed by atoms with van der Waals surface area (Å²) in [6.07, 6.45) is -2.96. The van der Waals surface area contributed by atoms with Crippen LogP contribution in [0.1, 0.15) is 13.2 Å². The average molecular weight is 555 g/mol. The van der Waals surface area contributed by atoms with Gasteiger partial charge in [-0.15, -0.1) is 0 Å². The number of H-pyrrole nitrogens is 1. The first-order chi connectivity index (χ1) is 15.0. The molecule has 0 spiro atoms. The lowest BCUT2D eigenvalue weighted by Gasteiger charge is -2.27. The lowest BCUT2D eigenvalue weighted by molar-refractivity contribution is -0.124. The maximum atomic E-state index is 11.9. The molecule has 0 aliphatic heterocycles. The van der Waals surface area contributed by atoms with Gasteiger partial charge in [0.05, 0.1) is 19.5 Å². The van der Waals surface area contributed by atoms with Crippen molar-refractivity contribution < 1.29 is 61.4 Å². The number of hydrogen-bond acceptors (Lipinski definition) is 13. The van der Waals surface area contributed by atoms with Crippen LogP contribution >= 0.6 is 35.7 Å². The van der Waals surface area contributed by atoms with Crippen molar-refractivity contribution in [1.29, 1.82) is 0 Å². The van der Waals surface area contributed by atoms with Crippen LogP contribution in [0.25, 0.3) is 11.2 Å². The number of fused-ring (bicyclic) bond motifs is 1. The van der Waals surface area contributed by atoms with Gasteiger partial charge in [-0.25, -0.2) is 18.7 Å². The normalized spacial score (nSPS) is 19.0. The van der Waals surface area contributed by atoms with Gasteiger partial charge in [-0.05, 0) is 6.92 Å². The van der Waals surface area contributed by atoms with Crippen molar-refractivity contribution in [2.24, 2.45) is 0 Å². The number of aromatic nitrogens is 4. The molecule has 33 heavy (non-hydrogen) atoms. The minimum Gasteiger partial charge on any atom is -0.394 e. The van der Waals surface area contributed by atoms with Gasteiger partial charge in [-0.3, -0.25) is 9.09 Å². The van der Waals surface area contributed by atoms with Crippen molar-refractivity contribution in [2.45, 2.75) is 25.4 Å². The second-order valence-electron chi connectivity index (χ2n) is 6.19. The number of nitrogens with two attached hydrogens (primary N) is 1. The number of ether oxygens (including phenoxy) is 1. The number of imidazole rings is 1. The summed E-state index contributed by atoms with van der Waals surface area (Å²) in [5.74, 6) is -0.0268. The number of phosphoric ester groups is 1. The summed E-state index contributed by atoms with van der Waals surface area (Å²) in [5, 5.41) is 19.2. The fourth-order valence-corrected chi connectivity index (χ4v) is 5.64. The maximum Gasteiger partial charge on any atom is 0.490 e. The van der Waals surface area contributed by atoms with Crippen LogP contribution in [-0.2, 0) is 31.6 Å². The Morgan fingerprint density at radius 3 is 2.42 bits per heavy atom. The van der Waals surface area contributed by atoms with E-state index in [4.69, 9.17) is 37.4 Å². The number of phosphoric acid groups is 3. The Bertz CT molecular complexity index is 1180. The first-order valence-corrected chi connectivity index (χ1v) is 13.4. The van der Waals surface area contributed by atoms with E-state index in [1.807, 2.05) is 0 Å². The number of nitrogens with zero attached hydrogens (tertiary/aromatic N) is 3.